The summed E-state index contributed by atoms with van der Waals surface area (Å²) in [7, 11) is -4.14. The van der Waals surface area contributed by atoms with Crippen LogP contribution in [0.3, 0.4) is 0 Å². The first-order chi connectivity index (χ1) is 9.83. The topological polar surface area (TPSA) is 104 Å². The van der Waals surface area contributed by atoms with Gasteiger partial charge in [-0.25, -0.2) is 17.9 Å². The van der Waals surface area contributed by atoms with Crippen LogP contribution in [0.4, 0.5) is 13.2 Å². The van der Waals surface area contributed by atoms with E-state index in [1.807, 2.05) is 4.72 Å². The normalized spacial score (nSPS) is 15.3. The lowest BCUT2D eigenvalue weighted by molar-refractivity contribution is -0.155. The molecular weight excluding hydrogens is 327 g/mol. The Balaban J connectivity index is 2.84. The minimum absolute atomic E-state index is 0.107. The number of hydrogen-bond acceptors (Lipinski definition) is 4. The Hall–Kier alpha value is -1.65. The lowest BCUT2D eigenvalue weighted by Gasteiger charge is -2.18. The van der Waals surface area contributed by atoms with Gasteiger partial charge >= 0.3 is 12.1 Å². The number of benzene rings is 1. The van der Waals surface area contributed by atoms with E-state index in [9.17, 15) is 31.5 Å². The predicted molar refractivity (Wildman–Crippen MR) is 69.6 cm³/mol. The molecule has 0 fully saturated rings. The number of halogens is 3. The number of aliphatic hydroxyl groups is 1. The summed E-state index contributed by atoms with van der Waals surface area (Å²) in [6, 6.07) is 3.96. The number of aliphatic carboxylic acids is 1. The van der Waals surface area contributed by atoms with Gasteiger partial charge in [0, 0.05) is 0 Å². The van der Waals surface area contributed by atoms with Gasteiger partial charge in [0.05, 0.1) is 17.9 Å². The first kappa shape index (κ1) is 18.4. The largest absolute Gasteiger partial charge is 0.479 e. The van der Waals surface area contributed by atoms with Crippen molar-refractivity contribution in [3.8, 4) is 0 Å². The molecule has 1 rings (SSSR count). The Morgan fingerprint density at radius 2 is 1.73 bits per heavy atom. The molecule has 0 aromatic heterocycles. The molecule has 0 heterocycles. The van der Waals surface area contributed by atoms with Gasteiger partial charge < -0.3 is 10.2 Å². The zero-order chi connectivity index (χ0) is 17.2. The quantitative estimate of drug-likeness (QED) is 0.713. The molecule has 3 N–H and O–H groups in total. The van der Waals surface area contributed by atoms with Gasteiger partial charge in [-0.1, -0.05) is 12.1 Å². The molecule has 1 atom stereocenters. The lowest BCUT2D eigenvalue weighted by Crippen LogP contribution is -2.46. The maximum atomic E-state index is 12.2. The molecule has 1 unspecified atom stereocenters. The van der Waals surface area contributed by atoms with E-state index in [1.165, 1.54) is 0 Å². The maximum absolute atomic E-state index is 12.2. The molecular formula is C12H14F3NO5S. The van der Waals surface area contributed by atoms with Crippen LogP contribution in [0.25, 0.3) is 0 Å². The minimum atomic E-state index is -4.40. The van der Waals surface area contributed by atoms with Crippen molar-refractivity contribution in [1.82, 2.24) is 4.72 Å². The fraction of sp³-hybridized carbons (Fsp3) is 0.417. The van der Waals surface area contributed by atoms with Crippen LogP contribution >= 0.6 is 0 Å². The summed E-state index contributed by atoms with van der Waals surface area (Å²) in [6.45, 7) is 0.124. The van der Waals surface area contributed by atoms with Crippen molar-refractivity contribution in [2.45, 2.75) is 30.0 Å². The fourth-order valence-electron chi connectivity index (χ4n) is 1.41. The summed E-state index contributed by atoms with van der Waals surface area (Å²) >= 11 is 0. The molecule has 0 saturated carbocycles. The van der Waals surface area contributed by atoms with Crippen molar-refractivity contribution < 1.29 is 36.6 Å². The predicted octanol–water partition coefficient (Wildman–Crippen LogP) is 0.905. The Bertz CT molecular complexity index is 638. The molecule has 124 valence electrons. The van der Waals surface area contributed by atoms with Gasteiger partial charge in [0.1, 0.15) is 0 Å². The molecule has 0 bridgehead atoms. The monoisotopic (exact) mass is 341 g/mol. The summed E-state index contributed by atoms with van der Waals surface area (Å²) in [5, 5.41) is 18.1. The summed E-state index contributed by atoms with van der Waals surface area (Å²) in [5.41, 5.74) is -2.41. The van der Waals surface area contributed by atoms with Gasteiger partial charge in [-0.3, -0.25) is 0 Å². The molecule has 6 nitrogen and oxygen atoms in total. The van der Waals surface area contributed by atoms with E-state index in [0.717, 1.165) is 31.2 Å². The molecule has 1 aromatic rings. The highest BCUT2D eigenvalue weighted by Gasteiger charge is 2.32. The van der Waals surface area contributed by atoms with Crippen LogP contribution in [-0.4, -0.2) is 42.9 Å². The fourth-order valence-corrected chi connectivity index (χ4v) is 2.54. The molecule has 0 spiro atoms. The number of hydrogen-bond donors (Lipinski definition) is 3. The Morgan fingerprint density at radius 1 is 1.23 bits per heavy atom. The third-order valence-electron chi connectivity index (χ3n) is 2.71. The summed E-state index contributed by atoms with van der Waals surface area (Å²) in [5.74, 6) is -1.62. The van der Waals surface area contributed by atoms with Gasteiger partial charge in [0.2, 0.25) is 10.0 Å². The number of sulfonamides is 1. The molecule has 0 aliphatic carbocycles. The number of nitrogens with one attached hydrogen (secondary N) is 1. The number of alkyl halides is 3. The standard InChI is InChI=1S/C12H14F3NO5S/c1-11(19,10(17)18)7-16-22(20,21)9-4-2-8(3-5-9)6-12(13,14)15/h2-5,16,19H,6-7H2,1H3,(H,17,18). The molecule has 0 aliphatic rings. The molecule has 0 radical (unpaired) electrons. The van der Waals surface area contributed by atoms with Crippen LogP contribution in [0.2, 0.25) is 0 Å². The number of rotatable bonds is 6. The highest BCUT2D eigenvalue weighted by Crippen LogP contribution is 2.22. The molecule has 0 amide bonds. The van der Waals surface area contributed by atoms with Crippen LogP contribution in [0.1, 0.15) is 12.5 Å². The van der Waals surface area contributed by atoms with Crippen molar-refractivity contribution in [1.29, 1.82) is 0 Å². The van der Waals surface area contributed by atoms with Crippen molar-refractivity contribution >= 4 is 16.0 Å². The van der Waals surface area contributed by atoms with Crippen molar-refractivity contribution in [2.75, 3.05) is 6.54 Å². The van der Waals surface area contributed by atoms with E-state index < -0.39 is 40.7 Å². The van der Waals surface area contributed by atoms with Crippen LogP contribution in [-0.2, 0) is 21.2 Å². The summed E-state index contributed by atoms with van der Waals surface area (Å²) < 4.78 is 62.2. The van der Waals surface area contributed by atoms with Gasteiger partial charge in [-0.05, 0) is 24.6 Å². The van der Waals surface area contributed by atoms with Crippen LogP contribution in [0.5, 0.6) is 0 Å². The Kier molecular flexibility index (Phi) is 5.21. The van der Waals surface area contributed by atoms with Crippen LogP contribution in [0.15, 0.2) is 29.2 Å². The van der Waals surface area contributed by atoms with Crippen LogP contribution < -0.4 is 4.72 Å². The van der Waals surface area contributed by atoms with Gasteiger partial charge in [0.15, 0.2) is 5.60 Å². The minimum Gasteiger partial charge on any atom is -0.479 e. The van der Waals surface area contributed by atoms with Gasteiger partial charge in [-0.15, -0.1) is 0 Å². The summed E-state index contributed by atoms with van der Waals surface area (Å²) in [6.07, 6.45) is -5.59. The zero-order valence-electron chi connectivity index (χ0n) is 11.4. The lowest BCUT2D eigenvalue weighted by atomic mass is 10.1. The number of carboxylic acids is 1. The smallest absolute Gasteiger partial charge is 0.393 e. The number of carbonyl (C=O) groups is 1. The highest BCUT2D eigenvalue weighted by molar-refractivity contribution is 7.89. The van der Waals surface area contributed by atoms with E-state index >= 15 is 0 Å². The molecule has 1 aromatic carbocycles. The second-order valence-corrected chi connectivity index (χ2v) is 6.61. The Morgan fingerprint density at radius 3 is 2.14 bits per heavy atom. The van der Waals surface area contributed by atoms with E-state index in [-0.39, 0.29) is 10.5 Å². The first-order valence-corrected chi connectivity index (χ1v) is 7.43. The molecule has 0 aliphatic heterocycles. The molecule has 22 heavy (non-hydrogen) atoms. The maximum Gasteiger partial charge on any atom is 0.393 e. The zero-order valence-corrected chi connectivity index (χ0v) is 12.2. The van der Waals surface area contributed by atoms with E-state index in [1.54, 1.807) is 0 Å². The second-order valence-electron chi connectivity index (χ2n) is 4.84. The van der Waals surface area contributed by atoms with Crippen molar-refractivity contribution in [3.63, 3.8) is 0 Å². The first-order valence-electron chi connectivity index (χ1n) is 5.95. The molecule has 10 heteroatoms. The molecule has 0 saturated heterocycles. The van der Waals surface area contributed by atoms with Crippen molar-refractivity contribution in [2.24, 2.45) is 0 Å². The van der Waals surface area contributed by atoms with Crippen LogP contribution in [0, 0.1) is 0 Å². The average Bonchev–Trinajstić information content (AvgIpc) is 2.35. The van der Waals surface area contributed by atoms with E-state index in [2.05, 4.69) is 0 Å². The van der Waals surface area contributed by atoms with Gasteiger partial charge in [-0.2, -0.15) is 13.2 Å². The third kappa shape index (κ3) is 5.28. The number of carboxylic acid groups (broad SMARTS) is 1. The highest BCUT2D eigenvalue weighted by atomic mass is 32.2. The Labute approximate surface area is 124 Å². The third-order valence-corrected chi connectivity index (χ3v) is 4.12. The van der Waals surface area contributed by atoms with Gasteiger partial charge in [0.25, 0.3) is 0 Å². The summed E-state index contributed by atoms with van der Waals surface area (Å²) in [4.78, 5) is 10.3. The van der Waals surface area contributed by atoms with E-state index in [0.29, 0.717) is 0 Å². The average molecular weight is 341 g/mol. The second kappa shape index (κ2) is 6.23. The SMILES string of the molecule is CC(O)(CNS(=O)(=O)c1ccc(CC(F)(F)F)cc1)C(=O)O. The van der Waals surface area contributed by atoms with E-state index in [4.69, 9.17) is 5.11 Å². The van der Waals surface area contributed by atoms with Crippen molar-refractivity contribution in [3.05, 3.63) is 29.8 Å².